The smallest absolute Gasteiger partial charge is 0.178 e. The first-order chi connectivity index (χ1) is 66.2. The largest absolute Gasteiger partial charge is 0.508 e. The van der Waals surface area contributed by atoms with Gasteiger partial charge >= 0.3 is 0 Å². The summed E-state index contributed by atoms with van der Waals surface area (Å²) in [5.74, 6) is 6.27. The number of para-hydroxylation sites is 6. The lowest BCUT2D eigenvalue weighted by molar-refractivity contribution is 0.393. The van der Waals surface area contributed by atoms with E-state index in [1.807, 2.05) is 145 Å². The number of rotatable bonds is 19. The fourth-order valence-corrected chi connectivity index (χ4v) is 22.6. The van der Waals surface area contributed by atoms with Crippen molar-refractivity contribution in [3.63, 3.8) is 0 Å². The van der Waals surface area contributed by atoms with Gasteiger partial charge < -0.3 is 69.8 Å². The number of aryl methyl sites for hydroxylation is 6. The molecule has 12 aromatic carbocycles. The predicted molar refractivity (Wildman–Crippen MR) is 578 cm³/mol. The molecule has 1 N–H and O–H groups in total. The van der Waals surface area contributed by atoms with Crippen molar-refractivity contribution >= 4 is 136 Å². The highest BCUT2D eigenvalue weighted by Crippen LogP contribution is 2.48. The van der Waals surface area contributed by atoms with Crippen molar-refractivity contribution in [1.82, 2.24) is 42.9 Å². The summed E-state index contributed by atoms with van der Waals surface area (Å²) < 4.78 is 107. The average molecular weight is 2030 g/mol. The summed E-state index contributed by atoms with van der Waals surface area (Å²) in [5, 5.41) is 28.2. The fourth-order valence-electron chi connectivity index (χ4n) is 17.3. The van der Waals surface area contributed by atoms with Gasteiger partial charge in [0.2, 0.25) is 0 Å². The molecule has 9 heterocycles. The molecule has 0 saturated heterocycles. The molecule has 0 atom stereocenters. The van der Waals surface area contributed by atoms with E-state index in [2.05, 4.69) is 232 Å². The second-order valence-corrected chi connectivity index (χ2v) is 39.1. The molecular formula is C112H112BrN9O13S5. The van der Waals surface area contributed by atoms with E-state index < -0.39 is 19.7 Å². The maximum atomic E-state index is 12.8. The lowest BCUT2D eigenvalue weighted by Crippen LogP contribution is -2.03. The normalized spacial score (nSPS) is 11.1. The molecule has 22 nitrogen and oxygen atoms in total. The molecule has 28 heteroatoms. The number of aromatic nitrogens is 9. The van der Waals surface area contributed by atoms with E-state index in [-0.39, 0.29) is 37.8 Å². The van der Waals surface area contributed by atoms with Crippen LogP contribution in [0, 0.1) is 41.5 Å². The van der Waals surface area contributed by atoms with Crippen molar-refractivity contribution in [2.75, 3.05) is 66.8 Å². The molecule has 21 aromatic rings. The molecule has 0 radical (unpaired) electrons. The number of phenols is 1. The Labute approximate surface area is 838 Å². The Kier molecular flexibility index (Phi) is 32.9. The quantitative estimate of drug-likeness (QED) is 0.0740. The van der Waals surface area contributed by atoms with Gasteiger partial charge in [-0.3, -0.25) is 0 Å². The fraction of sp³-hybridized carbons (Fsp3) is 0.170. The molecule has 0 unspecified atom stereocenters. The first-order valence-electron chi connectivity index (χ1n) is 43.4. The highest BCUT2D eigenvalue weighted by atomic mass is 79.9. The second kappa shape index (κ2) is 44.7. The van der Waals surface area contributed by atoms with E-state index in [1.54, 1.807) is 122 Å². The van der Waals surface area contributed by atoms with E-state index in [1.165, 1.54) is 65.3 Å². The van der Waals surface area contributed by atoms with E-state index in [0.717, 1.165) is 107 Å². The van der Waals surface area contributed by atoms with Crippen molar-refractivity contribution in [2.45, 2.75) is 88.3 Å². The van der Waals surface area contributed by atoms with Gasteiger partial charge in [0.15, 0.2) is 19.7 Å². The van der Waals surface area contributed by atoms with Crippen LogP contribution >= 0.6 is 51.2 Å². The van der Waals surface area contributed by atoms with Gasteiger partial charge in [0.1, 0.15) is 66.2 Å². The molecule has 720 valence electrons. The predicted octanol–water partition coefficient (Wildman–Crippen LogP) is 29.0. The summed E-state index contributed by atoms with van der Waals surface area (Å²) in [4.78, 5) is 4.29. The summed E-state index contributed by atoms with van der Waals surface area (Å²) in [5.41, 5.74) is 19.2. The Morgan fingerprint density at radius 2 is 0.614 bits per heavy atom. The minimum Gasteiger partial charge on any atom is -0.508 e. The highest BCUT2D eigenvalue weighted by Gasteiger charge is 2.33. The minimum absolute atomic E-state index is 0. The van der Waals surface area contributed by atoms with E-state index in [9.17, 15) is 21.9 Å². The molecule has 21 rings (SSSR count). The molecule has 0 fully saturated rings. The average Bonchev–Trinajstić information content (AvgIpc) is 1.57. The molecule has 0 aliphatic heterocycles. The van der Waals surface area contributed by atoms with Crippen LogP contribution in [0.4, 0.5) is 0 Å². The van der Waals surface area contributed by atoms with Gasteiger partial charge in [0, 0.05) is 101 Å². The van der Waals surface area contributed by atoms with Gasteiger partial charge in [-0.1, -0.05) is 147 Å². The van der Waals surface area contributed by atoms with Crippen LogP contribution in [0.2, 0.25) is 0 Å². The summed E-state index contributed by atoms with van der Waals surface area (Å²) in [7, 11) is 1.25. The maximum Gasteiger partial charge on any atom is 0.178 e. The van der Waals surface area contributed by atoms with Crippen LogP contribution in [-0.4, -0.2) is 132 Å². The first kappa shape index (κ1) is 103. The summed E-state index contributed by atoms with van der Waals surface area (Å²) in [6, 6.07) is 97.3. The number of benzene rings is 12. The van der Waals surface area contributed by atoms with Crippen molar-refractivity contribution in [3.05, 3.63) is 349 Å². The summed E-state index contributed by atoms with van der Waals surface area (Å²) >= 11 is 9.02. The van der Waals surface area contributed by atoms with Crippen LogP contribution in [-0.2, 0) is 19.7 Å². The number of methoxy groups -OCH3 is 5. The molecule has 0 amide bonds. The molecule has 140 heavy (non-hydrogen) atoms. The number of phenolic OH excluding ortho intramolecular Hbond substituents is 1. The van der Waals surface area contributed by atoms with Crippen molar-refractivity contribution in [1.29, 1.82) is 0 Å². The zero-order valence-electron chi connectivity index (χ0n) is 78.2. The third-order valence-electron chi connectivity index (χ3n) is 23.5. The van der Waals surface area contributed by atoms with Crippen LogP contribution in [0.5, 0.6) is 34.5 Å². The monoisotopic (exact) mass is 2030 g/mol. The van der Waals surface area contributed by atoms with Gasteiger partial charge in [-0.15, -0.1) is 35.3 Å². The van der Waals surface area contributed by atoms with Gasteiger partial charge in [-0.05, 0) is 270 Å². The third kappa shape index (κ3) is 20.7. The summed E-state index contributed by atoms with van der Waals surface area (Å²) in [6.07, 6.45) is 13.0. The van der Waals surface area contributed by atoms with Gasteiger partial charge in [-0.2, -0.15) is 0 Å². The Morgan fingerprint density at radius 1 is 0.321 bits per heavy atom. The number of sulfone groups is 2. The summed E-state index contributed by atoms with van der Waals surface area (Å²) in [6.45, 7) is 11.1. The molecule has 0 saturated carbocycles. The zero-order valence-corrected chi connectivity index (χ0v) is 83.9. The van der Waals surface area contributed by atoms with Crippen LogP contribution < -0.4 is 23.7 Å². The molecule has 0 spiro atoms. The number of thioether (sulfide) groups is 3. The van der Waals surface area contributed by atoms with Crippen molar-refractivity contribution in [2.24, 2.45) is 0 Å². The van der Waals surface area contributed by atoms with Crippen LogP contribution in [0.1, 0.15) is 56.6 Å². The zero-order chi connectivity index (χ0) is 96.7. The lowest BCUT2D eigenvalue weighted by atomic mass is 10.1. The van der Waals surface area contributed by atoms with E-state index in [4.69, 9.17) is 37.3 Å². The SMILES string of the molecule is C.C.C.COc1ccc(-n2c(-c3c(C)noc3C)c(S(C)(=O)=O)c3ccccc32)cc1.COc1ccc(-n2c(-c3c(C)noc3C)c(SC)c3ccccc32)cc1.COc1ccc(-n2c(Br)c(SC)c3ccccc32)cc1.COc1ccc(-n2cc(SC)c3ccccc32)cc1.COc1ccc(-n2ccc3ccccc32)cc1.Cc1noc(C)c1-c1c(S(C)(=O)=O)c2ccccc2n1-c1ccc(O)cc1. The number of fused-ring (bicyclic) bond motifs is 6. The van der Waals surface area contributed by atoms with Gasteiger partial charge in [-0.25, -0.2) is 16.8 Å². The topological polar surface area (TPSA) is 242 Å². The Bertz CT molecular complexity index is 8100. The molecule has 0 aliphatic rings. The number of ether oxygens (including phenoxy) is 5. The molecule has 0 aliphatic carbocycles. The maximum absolute atomic E-state index is 12.8. The third-order valence-corrected chi connectivity index (χ3v) is 29.2. The number of hydrogen-bond acceptors (Lipinski definition) is 19. The standard InChI is InChI=1S/C21H20N2O4S.C21H20N2O2S.C20H18N2O4S.C16H14BrNOS.C16H15NOS.C15H13NO.3CH4/c1-13-19(14(2)27-22-13)20-21(28(4,24)25)17-7-5-6-8-18(17)23(20)15-9-11-16(26-3)12-10-15;1-13-19(14(2)25-22-13)20-21(26-4)17-7-5-6-8-18(17)23(20)15-9-11-16(24-3)12-10-15;1-12-18(13(2)26-21-12)19-20(27(3,24)25)16-6-4-5-7-17(16)22(19)14-8-10-15(23)11-9-14;1-19-12-9-7-11(8-10-12)18-14-6-4-3-5-13(14)15(20-2)16(18)17;1-18-13-9-7-12(8-10-13)17-11-16(19-2)14-5-3-4-6-15(14)17;1-17-14-8-6-13(7-9-14)16-11-10-12-4-2-3-5-15(12)16;;;/h5-12H,1-4H3;5-12H,1-4H3;4-11,23H,1-3H3;3-10H,1-2H3;3-11H,1-2H3;2-11H,1H3;3*1H4. The van der Waals surface area contributed by atoms with Crippen LogP contribution in [0.3, 0.4) is 0 Å². The van der Waals surface area contributed by atoms with Crippen molar-refractivity contribution in [3.8, 4) is 102 Å². The first-order valence-corrected chi connectivity index (χ1v) is 51.7. The second-order valence-electron chi connectivity index (χ2n) is 31.9. The number of hydrogen-bond donors (Lipinski definition) is 1. The number of halogens is 1. The van der Waals surface area contributed by atoms with Crippen molar-refractivity contribution < 1.29 is 59.2 Å². The van der Waals surface area contributed by atoms with E-state index >= 15 is 0 Å². The minimum atomic E-state index is -3.55. The Hall–Kier alpha value is -14.3. The van der Waals surface area contributed by atoms with E-state index in [0.29, 0.717) is 56.2 Å². The van der Waals surface area contributed by atoms with Gasteiger partial charge in [0.25, 0.3) is 0 Å². The molecule has 0 bridgehead atoms. The highest BCUT2D eigenvalue weighted by molar-refractivity contribution is 9.10. The molecule has 9 aromatic heterocycles. The van der Waals surface area contributed by atoms with Crippen LogP contribution in [0.15, 0.2) is 352 Å². The lowest BCUT2D eigenvalue weighted by Gasteiger charge is -2.13. The number of aromatic hydroxyl groups is 1. The Morgan fingerprint density at radius 3 is 0.971 bits per heavy atom. The number of nitrogens with zero attached hydrogens (tertiary/aromatic N) is 9. The van der Waals surface area contributed by atoms with Gasteiger partial charge in [0.05, 0.1) is 120 Å². The molecular weight excluding hydrogens is 1920 g/mol. The Balaban J connectivity index is 0.000000142. The van der Waals surface area contributed by atoms with Crippen LogP contribution in [0.25, 0.3) is 133 Å².